The molecule has 1 saturated heterocycles. The van der Waals surface area contributed by atoms with Gasteiger partial charge >= 0.3 is 0 Å². The molecule has 1 atom stereocenters. The zero-order valence-corrected chi connectivity index (χ0v) is 12.2. The third-order valence-electron chi connectivity index (χ3n) is 4.45. The highest BCUT2D eigenvalue weighted by molar-refractivity contribution is 9.10. The van der Waals surface area contributed by atoms with Crippen LogP contribution >= 0.6 is 15.9 Å². The Hall–Kier alpha value is -1.16. The second-order valence-corrected chi connectivity index (χ2v) is 6.56. The molecule has 2 aliphatic rings. The van der Waals surface area contributed by atoms with Crippen LogP contribution in [0.15, 0.2) is 28.7 Å². The average molecular weight is 322 g/mol. The summed E-state index contributed by atoms with van der Waals surface area (Å²) in [6.07, 6.45) is 4.68. The number of benzene rings is 1. The highest BCUT2D eigenvalue weighted by Crippen LogP contribution is 2.53. The van der Waals surface area contributed by atoms with Gasteiger partial charge in [0.15, 0.2) is 0 Å². The number of hydrogen-bond donors (Lipinski definition) is 1. The summed E-state index contributed by atoms with van der Waals surface area (Å²) in [5.41, 5.74) is 0.878. The van der Waals surface area contributed by atoms with Crippen molar-refractivity contribution >= 4 is 27.7 Å². The number of imide groups is 1. The zero-order valence-electron chi connectivity index (χ0n) is 10.6. The Morgan fingerprint density at radius 3 is 2.37 bits per heavy atom. The van der Waals surface area contributed by atoms with Gasteiger partial charge in [-0.25, -0.2) is 0 Å². The molecule has 4 heteroatoms. The van der Waals surface area contributed by atoms with E-state index in [4.69, 9.17) is 0 Å². The summed E-state index contributed by atoms with van der Waals surface area (Å²) < 4.78 is 1.00. The molecule has 1 aromatic carbocycles. The first kappa shape index (κ1) is 12.9. The highest BCUT2D eigenvalue weighted by atomic mass is 79.9. The Morgan fingerprint density at radius 2 is 1.74 bits per heavy atom. The molecular weight excluding hydrogens is 306 g/mol. The van der Waals surface area contributed by atoms with Crippen molar-refractivity contribution < 1.29 is 9.59 Å². The first-order valence-electron chi connectivity index (χ1n) is 6.70. The van der Waals surface area contributed by atoms with Gasteiger partial charge in [0.2, 0.25) is 11.8 Å². The fourth-order valence-electron chi connectivity index (χ4n) is 3.66. The van der Waals surface area contributed by atoms with Crippen LogP contribution in [-0.2, 0) is 9.59 Å². The van der Waals surface area contributed by atoms with E-state index in [-0.39, 0.29) is 23.1 Å². The SMILES string of the molecule is O=C1CC2(CCCC2)C(c2ccc(Br)cc2)C(=O)N1. The molecule has 2 amide bonds. The summed E-state index contributed by atoms with van der Waals surface area (Å²) in [5, 5.41) is 2.50. The van der Waals surface area contributed by atoms with Gasteiger partial charge in [-0.05, 0) is 36.0 Å². The maximum absolute atomic E-state index is 12.3. The van der Waals surface area contributed by atoms with Crippen LogP contribution in [-0.4, -0.2) is 11.8 Å². The van der Waals surface area contributed by atoms with Crippen molar-refractivity contribution in [1.29, 1.82) is 0 Å². The van der Waals surface area contributed by atoms with Crippen LogP contribution in [0, 0.1) is 5.41 Å². The lowest BCUT2D eigenvalue weighted by atomic mass is 9.66. The molecule has 1 aliphatic carbocycles. The van der Waals surface area contributed by atoms with Gasteiger partial charge in [0, 0.05) is 10.9 Å². The van der Waals surface area contributed by atoms with Crippen LogP contribution < -0.4 is 5.32 Å². The van der Waals surface area contributed by atoms with Gasteiger partial charge in [-0.2, -0.15) is 0 Å². The average Bonchev–Trinajstić information content (AvgIpc) is 2.79. The minimum Gasteiger partial charge on any atom is -0.296 e. The second-order valence-electron chi connectivity index (χ2n) is 5.64. The fraction of sp³-hybridized carbons (Fsp3) is 0.467. The van der Waals surface area contributed by atoms with Crippen LogP contribution in [0.2, 0.25) is 0 Å². The number of carbonyl (C=O) groups is 2. The Bertz CT molecular complexity index is 517. The van der Waals surface area contributed by atoms with E-state index in [0.717, 1.165) is 35.7 Å². The molecule has 0 bridgehead atoms. The number of piperidine rings is 1. The van der Waals surface area contributed by atoms with Crippen LogP contribution in [0.4, 0.5) is 0 Å². The number of nitrogens with one attached hydrogen (secondary N) is 1. The van der Waals surface area contributed by atoms with Crippen LogP contribution in [0.5, 0.6) is 0 Å². The van der Waals surface area contributed by atoms with E-state index in [0.29, 0.717) is 6.42 Å². The molecular formula is C15H16BrNO2. The maximum Gasteiger partial charge on any atom is 0.234 e. The number of carbonyl (C=O) groups excluding carboxylic acids is 2. The van der Waals surface area contributed by atoms with E-state index in [1.807, 2.05) is 24.3 Å². The lowest BCUT2D eigenvalue weighted by Gasteiger charge is -2.40. The number of halogens is 1. The van der Waals surface area contributed by atoms with Crippen molar-refractivity contribution in [1.82, 2.24) is 5.32 Å². The van der Waals surface area contributed by atoms with Crippen LogP contribution in [0.25, 0.3) is 0 Å². The van der Waals surface area contributed by atoms with E-state index in [2.05, 4.69) is 21.2 Å². The van der Waals surface area contributed by atoms with E-state index in [1.165, 1.54) is 0 Å². The van der Waals surface area contributed by atoms with Gasteiger partial charge in [0.25, 0.3) is 0 Å². The smallest absolute Gasteiger partial charge is 0.234 e. The van der Waals surface area contributed by atoms with Crippen molar-refractivity contribution in [3.05, 3.63) is 34.3 Å². The number of hydrogen-bond acceptors (Lipinski definition) is 2. The Balaban J connectivity index is 2.02. The fourth-order valence-corrected chi connectivity index (χ4v) is 3.92. The summed E-state index contributed by atoms with van der Waals surface area (Å²) in [6, 6.07) is 7.90. The Morgan fingerprint density at radius 1 is 1.11 bits per heavy atom. The van der Waals surface area contributed by atoms with Crippen molar-refractivity contribution in [2.45, 2.75) is 38.0 Å². The quantitative estimate of drug-likeness (QED) is 0.808. The van der Waals surface area contributed by atoms with Crippen molar-refractivity contribution in [3.8, 4) is 0 Å². The van der Waals surface area contributed by atoms with Gasteiger partial charge in [0.1, 0.15) is 0 Å². The molecule has 3 nitrogen and oxygen atoms in total. The first-order chi connectivity index (χ1) is 9.11. The summed E-state index contributed by atoms with van der Waals surface area (Å²) in [5.74, 6) is -0.415. The van der Waals surface area contributed by atoms with Crippen molar-refractivity contribution in [2.24, 2.45) is 5.41 Å². The van der Waals surface area contributed by atoms with E-state index < -0.39 is 0 Å². The summed E-state index contributed by atoms with van der Waals surface area (Å²) in [6.45, 7) is 0. The van der Waals surface area contributed by atoms with Crippen molar-refractivity contribution in [2.75, 3.05) is 0 Å². The molecule has 1 aromatic rings. The number of amides is 2. The van der Waals surface area contributed by atoms with E-state index in [1.54, 1.807) is 0 Å². The standard InChI is InChI=1S/C15H16BrNO2/c16-11-5-3-10(4-6-11)13-14(19)17-12(18)9-15(13)7-1-2-8-15/h3-6,13H,1-2,7-9H2,(H,17,18,19). The Labute approximate surface area is 120 Å². The molecule has 1 aliphatic heterocycles. The summed E-state index contributed by atoms with van der Waals surface area (Å²) >= 11 is 3.41. The monoisotopic (exact) mass is 321 g/mol. The van der Waals surface area contributed by atoms with Gasteiger partial charge < -0.3 is 0 Å². The topological polar surface area (TPSA) is 46.2 Å². The minimum absolute atomic E-state index is 0.111. The van der Waals surface area contributed by atoms with Crippen LogP contribution in [0.1, 0.15) is 43.6 Å². The van der Waals surface area contributed by atoms with Gasteiger partial charge in [-0.3, -0.25) is 14.9 Å². The maximum atomic E-state index is 12.3. The van der Waals surface area contributed by atoms with Crippen LogP contribution in [0.3, 0.4) is 0 Å². The molecule has 1 heterocycles. The predicted octanol–water partition coefficient (Wildman–Crippen LogP) is 3.14. The molecule has 1 N–H and O–H groups in total. The summed E-state index contributed by atoms with van der Waals surface area (Å²) in [4.78, 5) is 24.0. The third-order valence-corrected chi connectivity index (χ3v) is 4.98. The number of rotatable bonds is 1. The van der Waals surface area contributed by atoms with Gasteiger partial charge in [-0.1, -0.05) is 40.9 Å². The normalized spacial score (nSPS) is 25.6. The molecule has 19 heavy (non-hydrogen) atoms. The molecule has 1 spiro atoms. The minimum atomic E-state index is -0.180. The molecule has 1 unspecified atom stereocenters. The van der Waals surface area contributed by atoms with Gasteiger partial charge in [0.05, 0.1) is 5.92 Å². The first-order valence-corrected chi connectivity index (χ1v) is 7.49. The van der Waals surface area contributed by atoms with E-state index >= 15 is 0 Å². The van der Waals surface area contributed by atoms with Gasteiger partial charge in [-0.15, -0.1) is 0 Å². The largest absolute Gasteiger partial charge is 0.296 e. The molecule has 1 saturated carbocycles. The Kier molecular flexibility index (Phi) is 3.21. The molecule has 3 rings (SSSR count). The molecule has 2 fully saturated rings. The van der Waals surface area contributed by atoms with E-state index in [9.17, 15) is 9.59 Å². The lowest BCUT2D eigenvalue weighted by molar-refractivity contribution is -0.139. The highest BCUT2D eigenvalue weighted by Gasteiger charge is 2.50. The predicted molar refractivity (Wildman–Crippen MR) is 75.6 cm³/mol. The summed E-state index contributed by atoms with van der Waals surface area (Å²) in [7, 11) is 0. The third kappa shape index (κ3) is 2.22. The molecule has 0 aromatic heterocycles. The van der Waals surface area contributed by atoms with Crippen molar-refractivity contribution in [3.63, 3.8) is 0 Å². The second kappa shape index (κ2) is 4.75. The molecule has 100 valence electrons. The zero-order chi connectivity index (χ0) is 13.5. The lowest BCUT2D eigenvalue weighted by Crippen LogP contribution is -2.49. The molecule has 0 radical (unpaired) electrons.